The van der Waals surface area contributed by atoms with E-state index in [1.807, 2.05) is 6.07 Å². The molecule has 2 aromatic carbocycles. The maximum absolute atomic E-state index is 12.5. The molecule has 0 radical (unpaired) electrons. The molecule has 0 aliphatic carbocycles. The molecule has 3 rings (SSSR count). The van der Waals surface area contributed by atoms with Gasteiger partial charge >= 0.3 is 0 Å². The number of carbonyl (C=O) groups is 1. The third-order valence-corrected chi connectivity index (χ3v) is 3.97. The van der Waals surface area contributed by atoms with Crippen LogP contribution in [0.5, 0.6) is 0 Å². The van der Waals surface area contributed by atoms with Gasteiger partial charge in [-0.25, -0.2) is 0 Å². The summed E-state index contributed by atoms with van der Waals surface area (Å²) in [5, 5.41) is 3.70. The first-order valence-corrected chi connectivity index (χ1v) is 8.45. The number of anilines is 1. The Morgan fingerprint density at radius 2 is 1.73 bits per heavy atom. The normalized spacial score (nSPS) is 10.4. The highest BCUT2D eigenvalue weighted by atomic mass is 35.5. The Morgan fingerprint density at radius 1 is 1.00 bits per heavy atom. The molecule has 5 nitrogen and oxygen atoms in total. The predicted molar refractivity (Wildman–Crippen MR) is 102 cm³/mol. The van der Waals surface area contributed by atoms with Gasteiger partial charge in [0.1, 0.15) is 12.2 Å². The molecule has 0 saturated heterocycles. The van der Waals surface area contributed by atoms with Crippen molar-refractivity contribution in [1.29, 1.82) is 0 Å². The standard InChI is InChI=1S/C19H14Cl2N2O3/c20-14-5-1-4-13(10-14)12-26-23-9-3-8-17(19(23)25)18(24)22-16-7-2-6-15(21)11-16/h1-11H,12H2,(H,22,24). The molecule has 1 N–H and O–H groups in total. The van der Waals surface area contributed by atoms with E-state index in [2.05, 4.69) is 5.32 Å². The Kier molecular flexibility index (Phi) is 5.61. The SMILES string of the molecule is O=C(Nc1cccc(Cl)c1)c1cccn(OCc2cccc(Cl)c2)c1=O. The molecule has 0 saturated carbocycles. The van der Waals surface area contributed by atoms with E-state index >= 15 is 0 Å². The number of hydrogen-bond acceptors (Lipinski definition) is 3. The van der Waals surface area contributed by atoms with Gasteiger partial charge in [-0.05, 0) is 48.0 Å². The smallest absolute Gasteiger partial charge is 0.295 e. The summed E-state index contributed by atoms with van der Waals surface area (Å²) in [6.07, 6.45) is 1.45. The molecule has 7 heteroatoms. The molecule has 0 spiro atoms. The third kappa shape index (κ3) is 4.45. The zero-order chi connectivity index (χ0) is 18.5. The van der Waals surface area contributed by atoms with Gasteiger partial charge in [-0.1, -0.05) is 41.4 Å². The lowest BCUT2D eigenvalue weighted by atomic mass is 10.2. The topological polar surface area (TPSA) is 60.3 Å². The Labute approximate surface area is 159 Å². The lowest BCUT2D eigenvalue weighted by Crippen LogP contribution is -2.32. The van der Waals surface area contributed by atoms with Crippen molar-refractivity contribution in [2.45, 2.75) is 6.61 Å². The van der Waals surface area contributed by atoms with E-state index in [1.165, 1.54) is 12.3 Å². The van der Waals surface area contributed by atoms with Gasteiger partial charge < -0.3 is 10.2 Å². The number of hydrogen-bond donors (Lipinski definition) is 1. The van der Waals surface area contributed by atoms with Crippen LogP contribution in [0.3, 0.4) is 0 Å². The van der Waals surface area contributed by atoms with E-state index in [1.54, 1.807) is 48.5 Å². The van der Waals surface area contributed by atoms with Crippen LogP contribution in [-0.2, 0) is 6.61 Å². The highest BCUT2D eigenvalue weighted by Crippen LogP contribution is 2.15. The van der Waals surface area contributed by atoms with Crippen LogP contribution in [-0.4, -0.2) is 10.6 Å². The van der Waals surface area contributed by atoms with Crippen LogP contribution in [0.25, 0.3) is 0 Å². The van der Waals surface area contributed by atoms with Gasteiger partial charge in [0.25, 0.3) is 11.5 Å². The van der Waals surface area contributed by atoms with Crippen LogP contribution in [0.2, 0.25) is 10.0 Å². The molecule has 0 bridgehead atoms. The zero-order valence-corrected chi connectivity index (χ0v) is 15.0. The number of halogens is 2. The molecule has 0 aliphatic heterocycles. The van der Waals surface area contributed by atoms with Crippen LogP contribution in [0.15, 0.2) is 71.7 Å². The number of rotatable bonds is 5. The van der Waals surface area contributed by atoms with Gasteiger partial charge in [0.05, 0.1) is 0 Å². The van der Waals surface area contributed by atoms with Crippen molar-refractivity contribution in [3.8, 4) is 0 Å². The van der Waals surface area contributed by atoms with E-state index in [0.29, 0.717) is 15.7 Å². The van der Waals surface area contributed by atoms with Crippen molar-refractivity contribution in [3.63, 3.8) is 0 Å². The van der Waals surface area contributed by atoms with E-state index in [-0.39, 0.29) is 12.2 Å². The van der Waals surface area contributed by atoms with E-state index in [4.69, 9.17) is 28.0 Å². The van der Waals surface area contributed by atoms with Gasteiger partial charge in [0, 0.05) is 21.9 Å². The minimum atomic E-state index is -0.561. The summed E-state index contributed by atoms with van der Waals surface area (Å²) in [5.74, 6) is -0.544. The largest absolute Gasteiger partial charge is 0.406 e. The van der Waals surface area contributed by atoms with Crippen molar-refractivity contribution in [3.05, 3.63) is 98.4 Å². The van der Waals surface area contributed by atoms with Crippen LogP contribution < -0.4 is 15.7 Å². The number of amides is 1. The van der Waals surface area contributed by atoms with Crippen molar-refractivity contribution in [1.82, 2.24) is 4.73 Å². The molecule has 0 atom stereocenters. The van der Waals surface area contributed by atoms with Crippen LogP contribution in [0.4, 0.5) is 5.69 Å². The van der Waals surface area contributed by atoms with Gasteiger partial charge in [-0.15, -0.1) is 0 Å². The number of benzene rings is 2. The minimum Gasteiger partial charge on any atom is -0.406 e. The number of pyridine rings is 1. The molecular formula is C19H14Cl2N2O3. The maximum Gasteiger partial charge on any atom is 0.295 e. The summed E-state index contributed by atoms with van der Waals surface area (Å²) in [5.41, 5.74) is 0.697. The monoisotopic (exact) mass is 388 g/mol. The molecule has 1 aromatic heterocycles. The molecule has 3 aromatic rings. The predicted octanol–water partition coefficient (Wildman–Crippen LogP) is 4.04. The molecular weight excluding hydrogens is 375 g/mol. The molecule has 0 aliphatic rings. The Bertz CT molecular complexity index is 1000. The summed E-state index contributed by atoms with van der Waals surface area (Å²) in [7, 11) is 0. The number of nitrogens with one attached hydrogen (secondary N) is 1. The van der Waals surface area contributed by atoms with Crippen molar-refractivity contribution in [2.24, 2.45) is 0 Å². The Hall–Kier alpha value is -2.76. The summed E-state index contributed by atoms with van der Waals surface area (Å²) in [6.45, 7) is 0.139. The fourth-order valence-electron chi connectivity index (χ4n) is 2.29. The lowest BCUT2D eigenvalue weighted by Gasteiger charge is -2.10. The van der Waals surface area contributed by atoms with Gasteiger partial charge in [-0.3, -0.25) is 9.59 Å². The summed E-state index contributed by atoms with van der Waals surface area (Å²) in [6, 6.07) is 16.8. The first-order chi connectivity index (χ1) is 12.5. The maximum atomic E-state index is 12.5. The first-order valence-electron chi connectivity index (χ1n) is 7.69. The van der Waals surface area contributed by atoms with Gasteiger partial charge in [-0.2, -0.15) is 4.73 Å². The molecule has 26 heavy (non-hydrogen) atoms. The minimum absolute atomic E-state index is 0.0430. The Balaban J connectivity index is 1.76. The average molecular weight is 389 g/mol. The number of aromatic nitrogens is 1. The molecule has 0 unspecified atom stereocenters. The lowest BCUT2D eigenvalue weighted by molar-refractivity contribution is 0.0863. The van der Waals surface area contributed by atoms with Crippen LogP contribution in [0, 0.1) is 0 Å². The van der Waals surface area contributed by atoms with E-state index in [9.17, 15) is 9.59 Å². The summed E-state index contributed by atoms with van der Waals surface area (Å²) in [4.78, 5) is 30.3. The summed E-state index contributed by atoms with van der Waals surface area (Å²) >= 11 is 11.8. The number of nitrogens with zero attached hydrogens (tertiary/aromatic N) is 1. The van der Waals surface area contributed by atoms with Crippen molar-refractivity contribution < 1.29 is 9.63 Å². The number of carbonyl (C=O) groups excluding carboxylic acids is 1. The second-order valence-corrected chi connectivity index (χ2v) is 6.29. The second-order valence-electron chi connectivity index (χ2n) is 5.42. The first kappa shape index (κ1) is 18.0. The van der Waals surface area contributed by atoms with Crippen molar-refractivity contribution >= 4 is 34.8 Å². The molecule has 0 fully saturated rings. The van der Waals surface area contributed by atoms with Crippen LogP contribution >= 0.6 is 23.2 Å². The molecule has 132 valence electrons. The van der Waals surface area contributed by atoms with Gasteiger partial charge in [0.15, 0.2) is 0 Å². The van der Waals surface area contributed by atoms with Crippen molar-refractivity contribution in [2.75, 3.05) is 5.32 Å². The average Bonchev–Trinajstić information content (AvgIpc) is 2.61. The fourth-order valence-corrected chi connectivity index (χ4v) is 2.69. The van der Waals surface area contributed by atoms with Crippen LogP contribution in [0.1, 0.15) is 15.9 Å². The van der Waals surface area contributed by atoms with E-state index in [0.717, 1.165) is 10.3 Å². The third-order valence-electron chi connectivity index (χ3n) is 3.50. The molecule has 1 amide bonds. The summed E-state index contributed by atoms with van der Waals surface area (Å²) < 4.78 is 1.02. The highest BCUT2D eigenvalue weighted by molar-refractivity contribution is 6.31. The van der Waals surface area contributed by atoms with Gasteiger partial charge in [0.2, 0.25) is 0 Å². The molecule has 1 heterocycles. The highest BCUT2D eigenvalue weighted by Gasteiger charge is 2.13. The quantitative estimate of drug-likeness (QED) is 0.717. The fraction of sp³-hybridized carbons (Fsp3) is 0.0526. The Morgan fingerprint density at radius 3 is 2.46 bits per heavy atom. The second kappa shape index (κ2) is 8.08. The van der Waals surface area contributed by atoms with E-state index < -0.39 is 11.5 Å². The zero-order valence-electron chi connectivity index (χ0n) is 13.5.